The van der Waals surface area contributed by atoms with Gasteiger partial charge in [0.25, 0.3) is 0 Å². The van der Waals surface area contributed by atoms with E-state index in [0.29, 0.717) is 5.69 Å². The number of rotatable bonds is 5. The first-order chi connectivity index (χ1) is 11.0. The molecule has 0 spiro atoms. The van der Waals surface area contributed by atoms with E-state index in [1.54, 1.807) is 6.07 Å². The summed E-state index contributed by atoms with van der Waals surface area (Å²) >= 11 is 0. The second-order valence-electron chi connectivity index (χ2n) is 5.64. The summed E-state index contributed by atoms with van der Waals surface area (Å²) in [4.78, 5) is 15.3. The Hall–Kier alpha value is -2.68. The van der Waals surface area contributed by atoms with E-state index in [1.165, 1.54) is 23.4 Å². The zero-order chi connectivity index (χ0) is 16.8. The van der Waals surface area contributed by atoms with Gasteiger partial charge in [0.2, 0.25) is 0 Å². The van der Waals surface area contributed by atoms with Crippen molar-refractivity contribution in [1.82, 2.24) is 4.98 Å². The van der Waals surface area contributed by atoms with Crippen molar-refractivity contribution in [3.05, 3.63) is 82.7 Å². The first-order valence-electron chi connectivity index (χ1n) is 7.56. The molecule has 0 amide bonds. The van der Waals surface area contributed by atoms with Crippen molar-refractivity contribution in [2.45, 2.75) is 27.2 Å². The SMILES string of the molecule is CC(/C=C\Cc1ccc(C)cc1)=C(/C)c1cc(C(=O)O)ccn1. The monoisotopic (exact) mass is 307 g/mol. The van der Waals surface area contributed by atoms with Crippen LogP contribution in [0.4, 0.5) is 0 Å². The van der Waals surface area contributed by atoms with Gasteiger partial charge >= 0.3 is 5.97 Å². The number of hydrogen-bond donors (Lipinski definition) is 1. The number of aromatic nitrogens is 1. The van der Waals surface area contributed by atoms with Crippen molar-refractivity contribution < 1.29 is 9.90 Å². The molecule has 2 rings (SSSR count). The zero-order valence-corrected chi connectivity index (χ0v) is 13.7. The minimum atomic E-state index is -0.936. The van der Waals surface area contributed by atoms with Gasteiger partial charge in [0.05, 0.1) is 11.3 Å². The molecule has 0 unspecified atom stereocenters. The van der Waals surface area contributed by atoms with Crippen LogP contribution in [0.15, 0.2) is 60.3 Å². The van der Waals surface area contributed by atoms with Crippen LogP contribution >= 0.6 is 0 Å². The minimum Gasteiger partial charge on any atom is -0.478 e. The Morgan fingerprint density at radius 3 is 2.52 bits per heavy atom. The molecule has 118 valence electrons. The Bertz CT molecular complexity index is 755. The van der Waals surface area contributed by atoms with E-state index in [2.05, 4.69) is 48.3 Å². The van der Waals surface area contributed by atoms with Crippen LogP contribution in [0.3, 0.4) is 0 Å². The van der Waals surface area contributed by atoms with E-state index in [4.69, 9.17) is 5.11 Å². The van der Waals surface area contributed by atoms with Crippen LogP contribution in [-0.2, 0) is 6.42 Å². The number of carboxylic acids is 1. The Kier molecular flexibility index (Phi) is 5.47. The topological polar surface area (TPSA) is 50.2 Å². The van der Waals surface area contributed by atoms with Gasteiger partial charge in [0.15, 0.2) is 0 Å². The first-order valence-corrected chi connectivity index (χ1v) is 7.56. The quantitative estimate of drug-likeness (QED) is 0.816. The number of nitrogens with zero attached hydrogens (tertiary/aromatic N) is 1. The molecule has 1 heterocycles. The number of aromatic carboxylic acids is 1. The highest BCUT2D eigenvalue weighted by Crippen LogP contribution is 2.18. The van der Waals surface area contributed by atoms with Gasteiger partial charge in [-0.15, -0.1) is 0 Å². The average Bonchev–Trinajstić information content (AvgIpc) is 2.56. The number of aryl methyl sites for hydroxylation is 1. The van der Waals surface area contributed by atoms with Crippen LogP contribution < -0.4 is 0 Å². The molecular formula is C20H21NO2. The van der Waals surface area contributed by atoms with Crippen molar-refractivity contribution in [3.8, 4) is 0 Å². The van der Waals surface area contributed by atoms with Crippen LogP contribution in [0.5, 0.6) is 0 Å². The molecule has 1 aromatic heterocycles. The van der Waals surface area contributed by atoms with Crippen molar-refractivity contribution in [2.75, 3.05) is 0 Å². The van der Waals surface area contributed by atoms with Crippen molar-refractivity contribution >= 4 is 11.5 Å². The number of allylic oxidation sites excluding steroid dienone is 4. The molecule has 0 atom stereocenters. The molecule has 0 saturated heterocycles. The maximum absolute atomic E-state index is 11.0. The third-order valence-corrected chi connectivity index (χ3v) is 3.82. The van der Waals surface area contributed by atoms with Gasteiger partial charge in [-0.2, -0.15) is 0 Å². The second kappa shape index (κ2) is 7.54. The van der Waals surface area contributed by atoms with Gasteiger partial charge in [-0.3, -0.25) is 4.98 Å². The van der Waals surface area contributed by atoms with Crippen LogP contribution in [0, 0.1) is 6.92 Å². The number of carbonyl (C=O) groups is 1. The van der Waals surface area contributed by atoms with Gasteiger partial charge in [0, 0.05) is 6.20 Å². The lowest BCUT2D eigenvalue weighted by atomic mass is 10.0. The van der Waals surface area contributed by atoms with E-state index >= 15 is 0 Å². The molecule has 0 saturated carbocycles. The number of hydrogen-bond acceptors (Lipinski definition) is 2. The summed E-state index contributed by atoms with van der Waals surface area (Å²) in [5.41, 5.74) is 5.53. The highest BCUT2D eigenvalue weighted by Gasteiger charge is 2.06. The predicted molar refractivity (Wildman–Crippen MR) is 93.5 cm³/mol. The Labute approximate surface area is 137 Å². The third kappa shape index (κ3) is 4.65. The van der Waals surface area contributed by atoms with E-state index in [1.807, 2.05) is 13.8 Å². The van der Waals surface area contributed by atoms with E-state index in [9.17, 15) is 4.79 Å². The average molecular weight is 307 g/mol. The van der Waals surface area contributed by atoms with Crippen LogP contribution in [0.2, 0.25) is 0 Å². The summed E-state index contributed by atoms with van der Waals surface area (Å²) in [6.45, 7) is 6.05. The molecule has 2 aromatic rings. The summed E-state index contributed by atoms with van der Waals surface area (Å²) in [6.07, 6.45) is 6.58. The zero-order valence-electron chi connectivity index (χ0n) is 13.7. The smallest absolute Gasteiger partial charge is 0.335 e. The molecule has 1 aromatic carbocycles. The normalized spacial score (nSPS) is 12.3. The summed E-state index contributed by atoms with van der Waals surface area (Å²) in [5, 5.41) is 9.06. The maximum atomic E-state index is 11.0. The number of benzene rings is 1. The first kappa shape index (κ1) is 16.7. The fraction of sp³-hybridized carbons (Fsp3) is 0.200. The lowest BCUT2D eigenvalue weighted by molar-refractivity contribution is 0.0696. The number of carboxylic acid groups (broad SMARTS) is 1. The molecule has 23 heavy (non-hydrogen) atoms. The van der Waals surface area contributed by atoms with E-state index in [0.717, 1.165) is 17.6 Å². The largest absolute Gasteiger partial charge is 0.478 e. The predicted octanol–water partition coefficient (Wildman–Crippen LogP) is 4.68. The standard InChI is InChI=1S/C20H21NO2/c1-14-7-9-17(10-8-14)6-4-5-15(2)16(3)19-13-18(20(22)23)11-12-21-19/h4-5,7-13H,6H2,1-3H3,(H,22,23)/b5-4-,16-15+. The second-order valence-corrected chi connectivity index (χ2v) is 5.64. The fourth-order valence-electron chi connectivity index (χ4n) is 2.19. The van der Waals surface area contributed by atoms with Crippen molar-refractivity contribution in [3.63, 3.8) is 0 Å². The lowest BCUT2D eigenvalue weighted by Crippen LogP contribution is -1.98. The molecule has 1 N–H and O–H groups in total. The van der Waals surface area contributed by atoms with Crippen LogP contribution in [0.1, 0.15) is 41.0 Å². The molecule has 3 nitrogen and oxygen atoms in total. The molecule has 0 aliphatic carbocycles. The lowest BCUT2D eigenvalue weighted by Gasteiger charge is -2.05. The maximum Gasteiger partial charge on any atom is 0.335 e. The highest BCUT2D eigenvalue weighted by molar-refractivity contribution is 5.88. The molecule has 0 bridgehead atoms. The molecule has 0 fully saturated rings. The molecule has 0 aliphatic heterocycles. The summed E-state index contributed by atoms with van der Waals surface area (Å²) in [6, 6.07) is 11.6. The summed E-state index contributed by atoms with van der Waals surface area (Å²) < 4.78 is 0. The van der Waals surface area contributed by atoms with Gasteiger partial charge in [0.1, 0.15) is 0 Å². The summed E-state index contributed by atoms with van der Waals surface area (Å²) in [7, 11) is 0. The Morgan fingerprint density at radius 2 is 1.87 bits per heavy atom. The Morgan fingerprint density at radius 1 is 1.17 bits per heavy atom. The molecule has 0 aliphatic rings. The molecular weight excluding hydrogens is 286 g/mol. The summed E-state index contributed by atoms with van der Waals surface area (Å²) in [5.74, 6) is -0.936. The van der Waals surface area contributed by atoms with Crippen LogP contribution in [0.25, 0.3) is 5.57 Å². The molecule has 3 heteroatoms. The molecule has 0 radical (unpaired) electrons. The van der Waals surface area contributed by atoms with Gasteiger partial charge < -0.3 is 5.11 Å². The van der Waals surface area contributed by atoms with E-state index in [-0.39, 0.29) is 5.56 Å². The number of pyridine rings is 1. The van der Waals surface area contributed by atoms with Gasteiger partial charge in [-0.05, 0) is 56.0 Å². The third-order valence-electron chi connectivity index (χ3n) is 3.82. The Balaban J connectivity index is 2.13. The van der Waals surface area contributed by atoms with Gasteiger partial charge in [-0.25, -0.2) is 4.79 Å². The van der Waals surface area contributed by atoms with E-state index < -0.39 is 5.97 Å². The minimum absolute atomic E-state index is 0.255. The fourth-order valence-corrected chi connectivity index (χ4v) is 2.19. The highest BCUT2D eigenvalue weighted by atomic mass is 16.4. The van der Waals surface area contributed by atoms with Crippen molar-refractivity contribution in [2.24, 2.45) is 0 Å². The van der Waals surface area contributed by atoms with Crippen LogP contribution in [-0.4, -0.2) is 16.1 Å². The van der Waals surface area contributed by atoms with Gasteiger partial charge in [-0.1, -0.05) is 42.0 Å². The van der Waals surface area contributed by atoms with Crippen molar-refractivity contribution in [1.29, 1.82) is 0 Å².